The molecule has 2 aromatic heterocycles. The van der Waals surface area contributed by atoms with Crippen LogP contribution in [0.2, 0.25) is 0 Å². The average molecular weight is 448 g/mol. The van der Waals surface area contributed by atoms with Gasteiger partial charge >= 0.3 is 5.97 Å². The Hall–Kier alpha value is -3.74. The lowest BCUT2D eigenvalue weighted by molar-refractivity contribution is -0.143. The van der Waals surface area contributed by atoms with E-state index in [0.717, 1.165) is 0 Å². The maximum atomic E-state index is 12.7. The number of imidazole rings is 2. The Morgan fingerprint density at radius 3 is 2.09 bits per heavy atom. The number of hydrogen-bond donors (Lipinski definition) is 7. The molecular formula is C19H28N8O5. The molecule has 13 heteroatoms. The van der Waals surface area contributed by atoms with E-state index < -0.39 is 48.4 Å². The van der Waals surface area contributed by atoms with E-state index in [1.165, 1.54) is 18.9 Å². The van der Waals surface area contributed by atoms with Crippen LogP contribution in [0.5, 0.6) is 0 Å². The molecule has 3 amide bonds. The number of nitrogens with zero attached hydrogens (tertiary/aromatic N) is 2. The van der Waals surface area contributed by atoms with Gasteiger partial charge in [0.2, 0.25) is 17.7 Å². The highest BCUT2D eigenvalue weighted by Crippen LogP contribution is 2.03. The van der Waals surface area contributed by atoms with Crippen molar-refractivity contribution < 1.29 is 24.3 Å². The van der Waals surface area contributed by atoms with Crippen molar-refractivity contribution in [2.45, 2.75) is 44.8 Å². The Bertz CT molecular complexity index is 897. The van der Waals surface area contributed by atoms with Gasteiger partial charge in [-0.2, -0.15) is 0 Å². The molecule has 3 unspecified atom stereocenters. The summed E-state index contributed by atoms with van der Waals surface area (Å²) < 4.78 is 0. The lowest BCUT2D eigenvalue weighted by atomic mass is 10.0. The second-order valence-electron chi connectivity index (χ2n) is 7.57. The average Bonchev–Trinajstić information content (AvgIpc) is 3.43. The molecule has 0 saturated heterocycles. The third-order valence-electron chi connectivity index (χ3n) is 4.62. The minimum absolute atomic E-state index is 0.0831. The maximum absolute atomic E-state index is 12.7. The van der Waals surface area contributed by atoms with Gasteiger partial charge in [-0.05, 0) is 5.92 Å². The minimum atomic E-state index is -1.17. The summed E-state index contributed by atoms with van der Waals surface area (Å²) in [6.07, 6.45) is 6.22. The normalized spacial score (nSPS) is 13.8. The van der Waals surface area contributed by atoms with Crippen molar-refractivity contribution in [1.82, 2.24) is 35.9 Å². The van der Waals surface area contributed by atoms with Gasteiger partial charge in [0.15, 0.2) is 0 Å². The molecule has 0 spiro atoms. The smallest absolute Gasteiger partial charge is 0.326 e. The van der Waals surface area contributed by atoms with Crippen molar-refractivity contribution in [2.75, 3.05) is 6.54 Å². The van der Waals surface area contributed by atoms with Gasteiger partial charge in [0, 0.05) is 36.6 Å². The first-order valence-electron chi connectivity index (χ1n) is 9.97. The molecule has 2 heterocycles. The zero-order chi connectivity index (χ0) is 23.7. The number of aromatic amines is 2. The van der Waals surface area contributed by atoms with Crippen LogP contribution in [-0.2, 0) is 32.0 Å². The van der Waals surface area contributed by atoms with Crippen molar-refractivity contribution in [3.63, 3.8) is 0 Å². The molecule has 174 valence electrons. The predicted octanol–water partition coefficient (Wildman–Crippen LogP) is -1.93. The number of nitrogens with two attached hydrogens (primary N) is 1. The molecule has 0 radical (unpaired) electrons. The molecule has 0 aliphatic rings. The number of amides is 3. The molecule has 3 atom stereocenters. The number of carboxylic acid groups (broad SMARTS) is 1. The lowest BCUT2D eigenvalue weighted by Gasteiger charge is -2.21. The summed E-state index contributed by atoms with van der Waals surface area (Å²) in [6.45, 7) is 2.85. The number of aromatic nitrogens is 4. The Morgan fingerprint density at radius 1 is 1.00 bits per heavy atom. The van der Waals surface area contributed by atoms with E-state index in [1.54, 1.807) is 20.0 Å². The molecule has 2 aromatic rings. The summed E-state index contributed by atoms with van der Waals surface area (Å²) in [4.78, 5) is 62.0. The summed E-state index contributed by atoms with van der Waals surface area (Å²) in [5.74, 6) is -3.36. The predicted molar refractivity (Wildman–Crippen MR) is 112 cm³/mol. The lowest BCUT2D eigenvalue weighted by Crippen LogP contribution is -2.55. The van der Waals surface area contributed by atoms with E-state index in [9.17, 15) is 19.2 Å². The van der Waals surface area contributed by atoms with Gasteiger partial charge in [-0.15, -0.1) is 0 Å². The van der Waals surface area contributed by atoms with Crippen LogP contribution in [0.15, 0.2) is 25.0 Å². The van der Waals surface area contributed by atoms with Crippen molar-refractivity contribution >= 4 is 23.7 Å². The Kier molecular flexibility index (Phi) is 8.89. The fourth-order valence-corrected chi connectivity index (χ4v) is 2.86. The highest BCUT2D eigenvalue weighted by molar-refractivity contribution is 5.92. The zero-order valence-corrected chi connectivity index (χ0v) is 17.8. The van der Waals surface area contributed by atoms with E-state index in [4.69, 9.17) is 10.8 Å². The number of H-pyrrole nitrogens is 2. The van der Waals surface area contributed by atoms with Crippen LogP contribution < -0.4 is 21.7 Å². The van der Waals surface area contributed by atoms with Crippen LogP contribution in [0, 0.1) is 5.92 Å². The molecule has 13 nitrogen and oxygen atoms in total. The van der Waals surface area contributed by atoms with Crippen molar-refractivity contribution in [3.8, 4) is 0 Å². The highest BCUT2D eigenvalue weighted by Gasteiger charge is 2.27. The second kappa shape index (κ2) is 11.6. The fraction of sp³-hybridized carbons (Fsp3) is 0.474. The summed E-state index contributed by atoms with van der Waals surface area (Å²) in [5, 5.41) is 16.5. The molecule has 8 N–H and O–H groups in total. The van der Waals surface area contributed by atoms with E-state index in [2.05, 4.69) is 35.9 Å². The highest BCUT2D eigenvalue weighted by atomic mass is 16.4. The summed E-state index contributed by atoms with van der Waals surface area (Å²) in [7, 11) is 0. The second-order valence-corrected chi connectivity index (χ2v) is 7.57. The number of rotatable bonds is 12. The topological polar surface area (TPSA) is 208 Å². The van der Waals surface area contributed by atoms with E-state index in [0.29, 0.717) is 11.4 Å². The van der Waals surface area contributed by atoms with Gasteiger partial charge in [0.25, 0.3) is 0 Å². The van der Waals surface area contributed by atoms with E-state index in [-0.39, 0.29) is 18.8 Å². The molecular weight excluding hydrogens is 420 g/mol. The summed E-state index contributed by atoms with van der Waals surface area (Å²) >= 11 is 0. The summed E-state index contributed by atoms with van der Waals surface area (Å²) in [5.41, 5.74) is 7.18. The van der Waals surface area contributed by atoms with Crippen LogP contribution in [0.3, 0.4) is 0 Å². The summed E-state index contributed by atoms with van der Waals surface area (Å²) in [6, 6.07) is -3.05. The quantitative estimate of drug-likeness (QED) is 0.194. The molecule has 0 saturated carbocycles. The number of aliphatic carboxylic acids is 1. The van der Waals surface area contributed by atoms with Crippen LogP contribution >= 0.6 is 0 Å². The minimum Gasteiger partial charge on any atom is -0.480 e. The standard InChI is InChI=1S/C19H28N8O5/c1-10(2)16(19(31)32)27-15(28)7-23-18(30)14(4-12-6-22-9-25-12)26-17(29)13(20)3-11-5-21-8-24-11/h5-6,8-10,13-14,16H,3-4,7,20H2,1-2H3,(H,21,24)(H,22,25)(H,23,30)(H,26,29)(H,27,28)(H,31,32). The molecule has 0 fully saturated rings. The third kappa shape index (κ3) is 7.50. The first-order chi connectivity index (χ1) is 15.2. The monoisotopic (exact) mass is 448 g/mol. The first kappa shape index (κ1) is 24.5. The molecule has 0 aliphatic carbocycles. The molecule has 0 aromatic carbocycles. The Labute approximate surface area is 184 Å². The SMILES string of the molecule is CC(C)C(NC(=O)CNC(=O)C(Cc1cnc[nH]1)NC(=O)C(N)Cc1cnc[nH]1)C(=O)O. The van der Waals surface area contributed by atoms with E-state index >= 15 is 0 Å². The number of carbonyl (C=O) groups excluding carboxylic acids is 3. The van der Waals surface area contributed by atoms with Crippen LogP contribution in [-0.4, -0.2) is 73.4 Å². The van der Waals surface area contributed by atoms with Gasteiger partial charge in [0.05, 0.1) is 25.2 Å². The van der Waals surface area contributed by atoms with Gasteiger partial charge < -0.3 is 36.8 Å². The van der Waals surface area contributed by atoms with Crippen molar-refractivity contribution in [3.05, 3.63) is 36.4 Å². The fourth-order valence-electron chi connectivity index (χ4n) is 2.86. The number of carbonyl (C=O) groups is 4. The third-order valence-corrected chi connectivity index (χ3v) is 4.62. The largest absolute Gasteiger partial charge is 0.480 e. The van der Waals surface area contributed by atoms with Gasteiger partial charge in [-0.3, -0.25) is 14.4 Å². The van der Waals surface area contributed by atoms with E-state index in [1.807, 2.05) is 0 Å². The molecule has 2 rings (SSSR count). The van der Waals surface area contributed by atoms with Gasteiger partial charge in [-0.1, -0.05) is 13.8 Å². The molecule has 0 bridgehead atoms. The van der Waals surface area contributed by atoms with Crippen molar-refractivity contribution in [2.24, 2.45) is 11.7 Å². The molecule has 0 aliphatic heterocycles. The maximum Gasteiger partial charge on any atom is 0.326 e. The Balaban J connectivity index is 1.97. The van der Waals surface area contributed by atoms with Crippen molar-refractivity contribution in [1.29, 1.82) is 0 Å². The van der Waals surface area contributed by atoms with Crippen LogP contribution in [0.25, 0.3) is 0 Å². The van der Waals surface area contributed by atoms with Gasteiger partial charge in [0.1, 0.15) is 12.1 Å². The van der Waals surface area contributed by atoms with Crippen LogP contribution in [0.4, 0.5) is 0 Å². The molecule has 32 heavy (non-hydrogen) atoms. The van der Waals surface area contributed by atoms with Gasteiger partial charge in [-0.25, -0.2) is 14.8 Å². The first-order valence-corrected chi connectivity index (χ1v) is 9.97. The zero-order valence-electron chi connectivity index (χ0n) is 17.8. The Morgan fingerprint density at radius 2 is 1.59 bits per heavy atom. The number of carboxylic acids is 1. The number of hydrogen-bond acceptors (Lipinski definition) is 7. The van der Waals surface area contributed by atoms with Crippen LogP contribution in [0.1, 0.15) is 25.2 Å². The number of nitrogens with one attached hydrogen (secondary N) is 5.